The zero-order valence-electron chi connectivity index (χ0n) is 10.1. The molecule has 0 radical (unpaired) electrons. The lowest BCUT2D eigenvalue weighted by atomic mass is 10.4. The van der Waals surface area contributed by atoms with Crippen molar-refractivity contribution in [1.82, 2.24) is 10.2 Å². The van der Waals surface area contributed by atoms with Gasteiger partial charge in [-0.2, -0.15) is 0 Å². The molecular formula is C11H20F2N2O2. The highest BCUT2D eigenvalue weighted by Gasteiger charge is 2.22. The van der Waals surface area contributed by atoms with Crippen LogP contribution < -0.4 is 5.32 Å². The van der Waals surface area contributed by atoms with Crippen LogP contribution >= 0.6 is 0 Å². The average molecular weight is 250 g/mol. The number of rotatable bonds is 9. The van der Waals surface area contributed by atoms with Gasteiger partial charge in [0, 0.05) is 13.7 Å². The molecule has 1 aliphatic rings. The number of carbonyl (C=O) groups excluding carboxylic acids is 1. The van der Waals surface area contributed by atoms with Crippen molar-refractivity contribution in [2.75, 3.05) is 39.9 Å². The number of hydrogen-bond donors (Lipinski definition) is 1. The third-order valence-corrected chi connectivity index (χ3v) is 2.68. The lowest BCUT2D eigenvalue weighted by Gasteiger charge is -2.22. The molecule has 0 aliphatic heterocycles. The van der Waals surface area contributed by atoms with Gasteiger partial charge >= 0.3 is 0 Å². The molecule has 0 spiro atoms. The number of nitrogens with zero attached hydrogens (tertiary/aromatic N) is 1. The first-order chi connectivity index (χ1) is 8.13. The summed E-state index contributed by atoms with van der Waals surface area (Å²) in [6, 6.07) is 0. The molecule has 1 saturated carbocycles. The van der Waals surface area contributed by atoms with Gasteiger partial charge in [-0.25, -0.2) is 8.78 Å². The van der Waals surface area contributed by atoms with Crippen LogP contribution in [0.2, 0.25) is 0 Å². The van der Waals surface area contributed by atoms with Crippen LogP contribution in [0.5, 0.6) is 0 Å². The van der Waals surface area contributed by atoms with Gasteiger partial charge in [0.1, 0.15) is 0 Å². The van der Waals surface area contributed by atoms with Gasteiger partial charge in [0.15, 0.2) is 0 Å². The van der Waals surface area contributed by atoms with Crippen molar-refractivity contribution in [3.63, 3.8) is 0 Å². The summed E-state index contributed by atoms with van der Waals surface area (Å²) in [5.41, 5.74) is 0. The molecule has 4 nitrogen and oxygen atoms in total. The summed E-state index contributed by atoms with van der Waals surface area (Å²) in [5.74, 6) is 0.383. The van der Waals surface area contributed by atoms with Crippen molar-refractivity contribution in [2.24, 2.45) is 5.92 Å². The molecule has 0 atom stereocenters. The van der Waals surface area contributed by atoms with Crippen LogP contribution in [0, 0.1) is 5.92 Å². The van der Waals surface area contributed by atoms with Gasteiger partial charge in [-0.05, 0) is 25.3 Å². The van der Waals surface area contributed by atoms with Gasteiger partial charge in [-0.1, -0.05) is 0 Å². The number of halogens is 2. The van der Waals surface area contributed by atoms with Crippen LogP contribution in [0.25, 0.3) is 0 Å². The van der Waals surface area contributed by atoms with E-state index in [1.807, 2.05) is 0 Å². The second kappa shape index (κ2) is 7.55. The Labute approximate surface area is 100 Å². The summed E-state index contributed by atoms with van der Waals surface area (Å²) < 4.78 is 29.4. The highest BCUT2D eigenvalue weighted by molar-refractivity contribution is 5.78. The Bertz CT molecular complexity index is 236. The number of hydrogen-bond acceptors (Lipinski definition) is 3. The van der Waals surface area contributed by atoms with Gasteiger partial charge in [0.2, 0.25) is 5.91 Å². The molecule has 17 heavy (non-hydrogen) atoms. The Morgan fingerprint density at radius 1 is 1.53 bits per heavy atom. The normalized spacial score (nSPS) is 15.3. The van der Waals surface area contributed by atoms with Crippen molar-refractivity contribution in [1.29, 1.82) is 0 Å². The first-order valence-corrected chi connectivity index (χ1v) is 5.89. The Morgan fingerprint density at radius 2 is 2.24 bits per heavy atom. The van der Waals surface area contributed by atoms with Crippen LogP contribution in [0.3, 0.4) is 0 Å². The summed E-state index contributed by atoms with van der Waals surface area (Å²) >= 11 is 0. The molecule has 1 fully saturated rings. The minimum Gasteiger partial charge on any atom is -0.383 e. The second-order valence-corrected chi connectivity index (χ2v) is 4.30. The molecule has 0 unspecified atom stereocenters. The molecule has 1 rings (SSSR count). The Morgan fingerprint density at radius 3 is 2.76 bits per heavy atom. The Kier molecular flexibility index (Phi) is 6.36. The second-order valence-electron chi connectivity index (χ2n) is 4.30. The maximum atomic E-state index is 12.3. The lowest BCUT2D eigenvalue weighted by molar-refractivity contribution is -0.132. The number of amides is 1. The van der Waals surface area contributed by atoms with Crippen molar-refractivity contribution < 1.29 is 18.3 Å². The third-order valence-electron chi connectivity index (χ3n) is 2.68. The number of alkyl halides is 2. The van der Waals surface area contributed by atoms with E-state index in [-0.39, 0.29) is 25.6 Å². The van der Waals surface area contributed by atoms with E-state index in [1.165, 1.54) is 20.0 Å². The largest absolute Gasteiger partial charge is 0.383 e. The van der Waals surface area contributed by atoms with Crippen LogP contribution in [0.1, 0.15) is 12.8 Å². The van der Waals surface area contributed by atoms with Crippen molar-refractivity contribution in [2.45, 2.75) is 19.3 Å². The van der Waals surface area contributed by atoms with Gasteiger partial charge < -0.3 is 15.0 Å². The fourth-order valence-electron chi connectivity index (χ4n) is 1.50. The first kappa shape index (κ1) is 14.3. The van der Waals surface area contributed by atoms with Gasteiger partial charge in [0.25, 0.3) is 6.43 Å². The average Bonchev–Trinajstić information content (AvgIpc) is 3.07. The summed E-state index contributed by atoms with van der Waals surface area (Å²) in [5, 5.41) is 3.00. The van der Waals surface area contributed by atoms with Gasteiger partial charge in [-0.3, -0.25) is 4.79 Å². The van der Waals surface area contributed by atoms with Gasteiger partial charge in [0.05, 0.1) is 19.7 Å². The SMILES string of the molecule is COCCN(CC(F)F)C(=O)CNCC1CC1. The van der Waals surface area contributed by atoms with E-state index in [9.17, 15) is 13.6 Å². The zero-order valence-corrected chi connectivity index (χ0v) is 10.1. The molecule has 0 aromatic heterocycles. The highest BCUT2D eigenvalue weighted by Crippen LogP contribution is 2.27. The third kappa shape index (κ3) is 6.53. The maximum absolute atomic E-state index is 12.3. The Hall–Kier alpha value is -0.750. The summed E-state index contributed by atoms with van der Waals surface area (Å²) in [7, 11) is 1.48. The number of carbonyl (C=O) groups is 1. The maximum Gasteiger partial charge on any atom is 0.255 e. The van der Waals surface area contributed by atoms with Crippen molar-refractivity contribution >= 4 is 5.91 Å². The van der Waals surface area contributed by atoms with E-state index in [2.05, 4.69) is 5.32 Å². The molecular weight excluding hydrogens is 230 g/mol. The van der Waals surface area contributed by atoms with Crippen molar-refractivity contribution in [3.05, 3.63) is 0 Å². The van der Waals surface area contributed by atoms with Crippen molar-refractivity contribution in [3.8, 4) is 0 Å². The number of methoxy groups -OCH3 is 1. The zero-order chi connectivity index (χ0) is 12.7. The summed E-state index contributed by atoms with van der Waals surface area (Å²) in [4.78, 5) is 12.8. The molecule has 1 aliphatic carbocycles. The van der Waals surface area contributed by atoms with E-state index in [0.717, 1.165) is 11.4 Å². The van der Waals surface area contributed by atoms with E-state index in [0.29, 0.717) is 5.92 Å². The smallest absolute Gasteiger partial charge is 0.255 e. The van der Waals surface area contributed by atoms with Gasteiger partial charge in [-0.15, -0.1) is 0 Å². The van der Waals surface area contributed by atoms with Crippen LogP contribution in [-0.4, -0.2) is 57.1 Å². The predicted molar refractivity (Wildman–Crippen MR) is 60.1 cm³/mol. The number of ether oxygens (including phenoxy) is 1. The predicted octanol–water partition coefficient (Wildman–Crippen LogP) is 0.726. The monoisotopic (exact) mass is 250 g/mol. The topological polar surface area (TPSA) is 41.6 Å². The quantitative estimate of drug-likeness (QED) is 0.656. The summed E-state index contributed by atoms with van der Waals surface area (Å²) in [6.07, 6.45) is -0.101. The molecule has 1 amide bonds. The van der Waals surface area contributed by atoms with E-state index < -0.39 is 13.0 Å². The number of nitrogens with one attached hydrogen (secondary N) is 1. The fourth-order valence-corrected chi connectivity index (χ4v) is 1.50. The minimum atomic E-state index is -2.50. The molecule has 100 valence electrons. The highest BCUT2D eigenvalue weighted by atomic mass is 19.3. The lowest BCUT2D eigenvalue weighted by Crippen LogP contribution is -2.42. The molecule has 0 aromatic carbocycles. The van der Waals surface area contributed by atoms with E-state index >= 15 is 0 Å². The molecule has 1 N–H and O–H groups in total. The van der Waals surface area contributed by atoms with Crippen LogP contribution in [0.4, 0.5) is 8.78 Å². The standard InChI is InChI=1S/C11H20F2N2O2/c1-17-5-4-15(8-10(12)13)11(16)7-14-6-9-2-3-9/h9-10,14H,2-8H2,1H3. The molecule has 0 saturated heterocycles. The molecule has 0 bridgehead atoms. The Balaban J connectivity index is 2.23. The first-order valence-electron chi connectivity index (χ1n) is 5.89. The molecule has 0 heterocycles. The van der Waals surface area contributed by atoms with Crippen LogP contribution in [-0.2, 0) is 9.53 Å². The van der Waals surface area contributed by atoms with Crippen LogP contribution in [0.15, 0.2) is 0 Å². The molecule has 6 heteroatoms. The minimum absolute atomic E-state index is 0.132. The molecule has 0 aromatic rings. The van der Waals surface area contributed by atoms with E-state index in [1.54, 1.807) is 0 Å². The summed E-state index contributed by atoms with van der Waals surface area (Å²) in [6.45, 7) is 0.907. The fraction of sp³-hybridized carbons (Fsp3) is 0.909. The van der Waals surface area contributed by atoms with E-state index in [4.69, 9.17) is 4.74 Å².